The van der Waals surface area contributed by atoms with E-state index in [1.165, 1.54) is 0 Å². The zero-order valence-corrected chi connectivity index (χ0v) is 23.8. The quantitative estimate of drug-likeness (QED) is 0.222. The molecule has 226 valence electrons. The molecule has 0 radical (unpaired) electrons. The van der Waals surface area contributed by atoms with Crippen LogP contribution in [0, 0.1) is 0 Å². The second kappa shape index (κ2) is 14.0. The van der Waals surface area contributed by atoms with E-state index in [4.69, 9.17) is 14.2 Å². The lowest BCUT2D eigenvalue weighted by Gasteiger charge is -2.35. The largest absolute Gasteiger partial charge is 0.480 e. The summed E-state index contributed by atoms with van der Waals surface area (Å²) in [6, 6.07) is 25.7. The Bertz CT molecular complexity index is 1410. The van der Waals surface area contributed by atoms with Gasteiger partial charge in [0.2, 0.25) is 0 Å². The number of amides is 1. The fourth-order valence-corrected chi connectivity index (χ4v) is 5.06. The molecule has 3 aromatic rings. The van der Waals surface area contributed by atoms with Crippen molar-refractivity contribution in [1.29, 1.82) is 0 Å². The number of rotatable bonds is 13. The lowest BCUT2D eigenvalue weighted by Crippen LogP contribution is -2.52. The maximum Gasteiger partial charge on any atom is 0.379 e. The van der Waals surface area contributed by atoms with Crippen molar-refractivity contribution in [2.24, 2.45) is 0 Å². The van der Waals surface area contributed by atoms with Gasteiger partial charge in [0.15, 0.2) is 6.10 Å². The molecule has 2 N–H and O–H groups in total. The number of hydrogen-bond acceptors (Lipinski definition) is 8. The first kappa shape index (κ1) is 31.2. The predicted molar refractivity (Wildman–Crippen MR) is 152 cm³/mol. The molecule has 43 heavy (non-hydrogen) atoms. The van der Waals surface area contributed by atoms with Gasteiger partial charge in [0.05, 0.1) is 13.7 Å². The molecular weight excluding hydrogens is 558 g/mol. The van der Waals surface area contributed by atoms with Gasteiger partial charge in [-0.1, -0.05) is 60.7 Å². The molecule has 1 saturated heterocycles. The lowest BCUT2D eigenvalue weighted by atomic mass is 9.85. The van der Waals surface area contributed by atoms with Gasteiger partial charge in [-0.15, -0.1) is 0 Å². The minimum absolute atomic E-state index is 0.346. The fourth-order valence-electron chi connectivity index (χ4n) is 5.06. The highest BCUT2D eigenvalue weighted by Crippen LogP contribution is 2.33. The van der Waals surface area contributed by atoms with Crippen molar-refractivity contribution in [3.05, 3.63) is 96.1 Å². The van der Waals surface area contributed by atoms with E-state index in [1.807, 2.05) is 72.8 Å². The van der Waals surface area contributed by atoms with Gasteiger partial charge in [-0.25, -0.2) is 9.59 Å². The van der Waals surface area contributed by atoms with Gasteiger partial charge in [0.25, 0.3) is 5.91 Å². The third-order valence-electron chi connectivity index (χ3n) is 7.29. The number of ether oxygens (including phenoxy) is 4. The summed E-state index contributed by atoms with van der Waals surface area (Å²) in [7, 11) is 0.960. The van der Waals surface area contributed by atoms with Gasteiger partial charge in [-0.2, -0.15) is 0 Å². The molecule has 11 heteroatoms. The van der Waals surface area contributed by atoms with Crippen molar-refractivity contribution >= 4 is 23.8 Å². The SMILES string of the molecule is COC(=O)C1(C(=O)O)OCC(C(=O)N(CC(=O)O)C(C)C(CCc2ccccc2)c2ccc(Oc3ccccc3)cc2)O1. The summed E-state index contributed by atoms with van der Waals surface area (Å²) in [4.78, 5) is 50.8. The average molecular weight is 592 g/mol. The third-order valence-corrected chi connectivity index (χ3v) is 7.29. The maximum atomic E-state index is 13.7. The standard InChI is InChI=1S/C32H33NO10/c1-21(33(19-28(34)35)29(36)27-20-41-32(43-27,30(37)38)31(39)40-2)26(18-13-22-9-5-3-6-10-22)23-14-16-25(17-15-23)42-24-11-7-4-8-12-24/h3-12,14-17,21,26-27H,13,18-20H2,1-2H3,(H,34,35)(H,37,38). The molecule has 1 aliphatic rings. The molecular formula is C32H33NO10. The van der Waals surface area contributed by atoms with Crippen LogP contribution in [-0.2, 0) is 39.8 Å². The Morgan fingerprint density at radius 3 is 2.12 bits per heavy atom. The zero-order valence-electron chi connectivity index (χ0n) is 23.8. The van der Waals surface area contributed by atoms with Crippen LogP contribution in [0.3, 0.4) is 0 Å². The summed E-state index contributed by atoms with van der Waals surface area (Å²) < 4.78 is 20.9. The van der Waals surface area contributed by atoms with Gasteiger partial charge < -0.3 is 34.1 Å². The van der Waals surface area contributed by atoms with Crippen molar-refractivity contribution in [1.82, 2.24) is 4.90 Å². The normalized spacial score (nSPS) is 19.2. The van der Waals surface area contributed by atoms with Gasteiger partial charge in [-0.05, 0) is 55.2 Å². The number of carboxylic acids is 2. The van der Waals surface area contributed by atoms with E-state index in [1.54, 1.807) is 19.1 Å². The first-order chi connectivity index (χ1) is 20.6. The van der Waals surface area contributed by atoms with Crippen molar-refractivity contribution in [2.45, 2.75) is 43.6 Å². The Kier molecular flexibility index (Phi) is 10.1. The zero-order chi connectivity index (χ0) is 31.0. The van der Waals surface area contributed by atoms with Crippen LogP contribution in [0.5, 0.6) is 11.5 Å². The Hall–Kier alpha value is -4.74. The maximum absolute atomic E-state index is 13.7. The molecule has 1 fully saturated rings. The third kappa shape index (κ3) is 7.37. The molecule has 0 aliphatic carbocycles. The summed E-state index contributed by atoms with van der Waals surface area (Å²) in [5, 5.41) is 19.3. The number of para-hydroxylation sites is 1. The molecule has 3 aromatic carbocycles. The van der Waals surface area contributed by atoms with E-state index in [-0.39, 0.29) is 5.92 Å². The molecule has 0 aromatic heterocycles. The topological polar surface area (TPSA) is 149 Å². The summed E-state index contributed by atoms with van der Waals surface area (Å²) >= 11 is 0. The van der Waals surface area contributed by atoms with Crippen LogP contribution in [0.4, 0.5) is 0 Å². The number of aryl methyl sites for hydroxylation is 1. The Labute approximate surface area is 248 Å². The average Bonchev–Trinajstić information content (AvgIpc) is 3.48. The van der Waals surface area contributed by atoms with Gasteiger partial charge in [0.1, 0.15) is 18.0 Å². The van der Waals surface area contributed by atoms with E-state index >= 15 is 0 Å². The second-order valence-electron chi connectivity index (χ2n) is 10.0. The van der Waals surface area contributed by atoms with Crippen LogP contribution in [0.25, 0.3) is 0 Å². The van der Waals surface area contributed by atoms with Gasteiger partial charge in [0, 0.05) is 12.0 Å². The Balaban J connectivity index is 1.62. The number of methoxy groups -OCH3 is 1. The summed E-state index contributed by atoms with van der Waals surface area (Å²) in [5.74, 6) is -7.12. The minimum atomic E-state index is -2.82. The molecule has 0 spiro atoms. The van der Waals surface area contributed by atoms with E-state index in [2.05, 4.69) is 4.74 Å². The summed E-state index contributed by atoms with van der Waals surface area (Å²) in [6.45, 7) is 0.462. The summed E-state index contributed by atoms with van der Waals surface area (Å²) in [5.41, 5.74) is 1.90. The molecule has 4 atom stereocenters. The molecule has 0 bridgehead atoms. The number of benzene rings is 3. The first-order valence-corrected chi connectivity index (χ1v) is 13.7. The number of hydrogen-bond donors (Lipinski definition) is 2. The smallest absolute Gasteiger partial charge is 0.379 e. The Morgan fingerprint density at radius 1 is 0.930 bits per heavy atom. The van der Waals surface area contributed by atoms with E-state index in [0.717, 1.165) is 23.1 Å². The van der Waals surface area contributed by atoms with Crippen LogP contribution in [-0.4, -0.2) is 77.1 Å². The van der Waals surface area contributed by atoms with Crippen LogP contribution in [0.1, 0.15) is 30.4 Å². The monoisotopic (exact) mass is 591 g/mol. The molecule has 1 amide bonds. The Morgan fingerprint density at radius 2 is 1.53 bits per heavy atom. The number of nitrogens with zero attached hydrogens (tertiary/aromatic N) is 1. The van der Waals surface area contributed by atoms with Crippen LogP contribution in [0.15, 0.2) is 84.9 Å². The lowest BCUT2D eigenvalue weighted by molar-refractivity contribution is -0.220. The highest BCUT2D eigenvalue weighted by Gasteiger charge is 2.59. The first-order valence-electron chi connectivity index (χ1n) is 13.7. The molecule has 4 rings (SSSR count). The number of carbonyl (C=O) groups excluding carboxylic acids is 2. The molecule has 1 aliphatic heterocycles. The molecule has 4 unspecified atom stereocenters. The van der Waals surface area contributed by atoms with Crippen molar-refractivity contribution < 1.29 is 48.3 Å². The number of carbonyl (C=O) groups is 4. The van der Waals surface area contributed by atoms with Gasteiger partial charge in [-0.3, -0.25) is 9.59 Å². The fraction of sp³-hybridized carbons (Fsp3) is 0.312. The number of esters is 1. The molecule has 0 saturated carbocycles. The van der Waals surface area contributed by atoms with E-state index in [0.29, 0.717) is 24.3 Å². The predicted octanol–water partition coefficient (Wildman–Crippen LogP) is 3.87. The van der Waals surface area contributed by atoms with E-state index in [9.17, 15) is 29.4 Å². The van der Waals surface area contributed by atoms with Crippen LogP contribution >= 0.6 is 0 Å². The highest BCUT2D eigenvalue weighted by atomic mass is 16.8. The summed E-state index contributed by atoms with van der Waals surface area (Å²) in [6.07, 6.45) is -0.356. The molecule has 11 nitrogen and oxygen atoms in total. The van der Waals surface area contributed by atoms with Gasteiger partial charge >= 0.3 is 23.7 Å². The van der Waals surface area contributed by atoms with Crippen LogP contribution < -0.4 is 4.74 Å². The van der Waals surface area contributed by atoms with Crippen LogP contribution in [0.2, 0.25) is 0 Å². The van der Waals surface area contributed by atoms with E-state index < -0.39 is 54.9 Å². The number of carboxylic acid groups (broad SMARTS) is 2. The number of aliphatic carboxylic acids is 2. The minimum Gasteiger partial charge on any atom is -0.480 e. The van der Waals surface area contributed by atoms with Crippen molar-refractivity contribution in [3.63, 3.8) is 0 Å². The van der Waals surface area contributed by atoms with Crippen molar-refractivity contribution in [2.75, 3.05) is 20.3 Å². The van der Waals surface area contributed by atoms with Crippen molar-refractivity contribution in [3.8, 4) is 11.5 Å². The highest BCUT2D eigenvalue weighted by molar-refractivity contribution is 6.02. The molecule has 1 heterocycles. The second-order valence-corrected chi connectivity index (χ2v) is 10.0.